The Labute approximate surface area is 138 Å². The van der Waals surface area contributed by atoms with E-state index in [1.165, 1.54) is 0 Å². The Morgan fingerprint density at radius 3 is 2.91 bits per heavy atom. The average Bonchev–Trinajstić information content (AvgIpc) is 2.56. The van der Waals surface area contributed by atoms with E-state index in [4.69, 9.17) is 14.2 Å². The molecule has 0 bridgehead atoms. The third-order valence-corrected chi connectivity index (χ3v) is 4.00. The van der Waals surface area contributed by atoms with Crippen molar-refractivity contribution in [3.8, 4) is 11.5 Å². The van der Waals surface area contributed by atoms with Gasteiger partial charge >= 0.3 is 0 Å². The summed E-state index contributed by atoms with van der Waals surface area (Å²) >= 11 is 0. The van der Waals surface area contributed by atoms with E-state index in [2.05, 4.69) is 15.9 Å². The number of aliphatic hydroxyl groups excluding tert-OH is 1. The fourth-order valence-corrected chi connectivity index (χ4v) is 2.62. The van der Waals surface area contributed by atoms with Crippen LogP contribution in [-0.2, 0) is 11.3 Å². The van der Waals surface area contributed by atoms with Gasteiger partial charge in [-0.25, -0.2) is 0 Å². The van der Waals surface area contributed by atoms with Crippen LogP contribution in [0.15, 0.2) is 18.2 Å². The number of likely N-dealkylation sites (N-methyl/N-ethyl adjacent to an activating group) is 1. The highest BCUT2D eigenvalue weighted by atomic mass is 16.5. The molecule has 1 aromatic rings. The zero-order valence-electron chi connectivity index (χ0n) is 14.3. The molecule has 130 valence electrons. The molecule has 0 saturated carbocycles. The Morgan fingerprint density at radius 2 is 2.22 bits per heavy atom. The smallest absolute Gasteiger partial charge is 0.165 e. The predicted octanol–water partition coefficient (Wildman–Crippen LogP) is 0.829. The van der Waals surface area contributed by atoms with Gasteiger partial charge in [-0.2, -0.15) is 0 Å². The molecule has 0 amide bonds. The monoisotopic (exact) mass is 324 g/mol. The van der Waals surface area contributed by atoms with Crippen molar-refractivity contribution < 1.29 is 19.3 Å². The SMILES string of the molecule is COc1cccc(CN2CCOCC2CO)c1OCCN(C)C. The number of hydrogen-bond acceptors (Lipinski definition) is 6. The first-order chi connectivity index (χ1) is 11.2. The Balaban J connectivity index is 2.12. The summed E-state index contributed by atoms with van der Waals surface area (Å²) < 4.78 is 16.9. The second kappa shape index (κ2) is 9.08. The van der Waals surface area contributed by atoms with E-state index < -0.39 is 0 Å². The van der Waals surface area contributed by atoms with E-state index in [9.17, 15) is 5.11 Å². The summed E-state index contributed by atoms with van der Waals surface area (Å²) in [4.78, 5) is 4.32. The first-order valence-electron chi connectivity index (χ1n) is 8.01. The number of nitrogens with zero attached hydrogens (tertiary/aromatic N) is 2. The molecule has 6 nitrogen and oxygen atoms in total. The molecule has 1 saturated heterocycles. The standard InChI is InChI=1S/C17H28N2O4/c1-18(2)7-10-23-17-14(5-4-6-16(17)21-3)11-19-8-9-22-13-15(19)12-20/h4-6,15,20H,7-13H2,1-3H3. The van der Waals surface area contributed by atoms with Crippen LogP contribution in [-0.4, -0.2) is 81.7 Å². The molecule has 1 N–H and O–H groups in total. The average molecular weight is 324 g/mol. The van der Waals surface area contributed by atoms with Gasteiger partial charge in [0.15, 0.2) is 11.5 Å². The zero-order chi connectivity index (χ0) is 16.7. The molecule has 1 unspecified atom stereocenters. The minimum atomic E-state index is 0.0320. The summed E-state index contributed by atoms with van der Waals surface area (Å²) in [6.07, 6.45) is 0. The molecule has 0 aliphatic carbocycles. The quantitative estimate of drug-likeness (QED) is 0.764. The lowest BCUT2D eigenvalue weighted by atomic mass is 10.1. The van der Waals surface area contributed by atoms with Crippen molar-refractivity contribution >= 4 is 0 Å². The van der Waals surface area contributed by atoms with Gasteiger partial charge in [-0.15, -0.1) is 0 Å². The van der Waals surface area contributed by atoms with E-state index in [1.807, 2.05) is 26.2 Å². The summed E-state index contributed by atoms with van der Waals surface area (Å²) in [5, 5.41) is 9.53. The third-order valence-electron chi connectivity index (χ3n) is 4.00. The molecule has 6 heteroatoms. The van der Waals surface area contributed by atoms with Crippen molar-refractivity contribution in [1.82, 2.24) is 9.80 Å². The second-order valence-corrected chi connectivity index (χ2v) is 5.98. The molecule has 0 radical (unpaired) electrons. The van der Waals surface area contributed by atoms with Crippen LogP contribution in [0.3, 0.4) is 0 Å². The highest BCUT2D eigenvalue weighted by Crippen LogP contribution is 2.32. The van der Waals surface area contributed by atoms with Crippen molar-refractivity contribution in [3.05, 3.63) is 23.8 Å². The number of morpholine rings is 1. The van der Waals surface area contributed by atoms with Crippen LogP contribution in [0.4, 0.5) is 0 Å². The van der Waals surface area contributed by atoms with Crippen molar-refractivity contribution in [1.29, 1.82) is 0 Å². The Bertz CT molecular complexity index is 482. The number of methoxy groups -OCH3 is 1. The molecule has 0 spiro atoms. The van der Waals surface area contributed by atoms with E-state index >= 15 is 0 Å². The highest BCUT2D eigenvalue weighted by Gasteiger charge is 2.24. The number of hydrogen-bond donors (Lipinski definition) is 1. The molecule has 0 aromatic heterocycles. The summed E-state index contributed by atoms with van der Waals surface area (Å²) in [5.74, 6) is 1.54. The second-order valence-electron chi connectivity index (χ2n) is 5.98. The molecule has 1 aromatic carbocycles. The molecular formula is C17H28N2O4. The molecule has 1 atom stereocenters. The van der Waals surface area contributed by atoms with Gasteiger partial charge in [-0.3, -0.25) is 4.90 Å². The lowest BCUT2D eigenvalue weighted by molar-refractivity contribution is -0.0315. The number of ether oxygens (including phenoxy) is 3. The van der Waals surface area contributed by atoms with Crippen LogP contribution in [0.2, 0.25) is 0 Å². The van der Waals surface area contributed by atoms with Crippen LogP contribution in [0, 0.1) is 0 Å². The van der Waals surface area contributed by atoms with Gasteiger partial charge in [0.25, 0.3) is 0 Å². The van der Waals surface area contributed by atoms with Crippen LogP contribution >= 0.6 is 0 Å². The molecule has 1 heterocycles. The topological polar surface area (TPSA) is 54.4 Å². The van der Waals surface area contributed by atoms with Crippen molar-refractivity contribution in [2.24, 2.45) is 0 Å². The third kappa shape index (κ3) is 5.07. The van der Waals surface area contributed by atoms with E-state index in [0.717, 1.165) is 30.2 Å². The van der Waals surface area contributed by atoms with Crippen molar-refractivity contribution in [2.75, 3.05) is 60.7 Å². The van der Waals surface area contributed by atoms with Crippen LogP contribution in [0.5, 0.6) is 11.5 Å². The summed E-state index contributed by atoms with van der Waals surface area (Å²) in [5.41, 5.74) is 1.07. The fraction of sp³-hybridized carbons (Fsp3) is 0.647. The van der Waals surface area contributed by atoms with Gasteiger partial charge in [-0.1, -0.05) is 12.1 Å². The van der Waals surface area contributed by atoms with Crippen LogP contribution in [0.25, 0.3) is 0 Å². The maximum Gasteiger partial charge on any atom is 0.165 e. The van der Waals surface area contributed by atoms with E-state index in [1.54, 1.807) is 7.11 Å². The molecule has 1 aliphatic heterocycles. The Kier molecular flexibility index (Phi) is 7.11. The summed E-state index contributed by atoms with van der Waals surface area (Å²) in [7, 11) is 5.70. The van der Waals surface area contributed by atoms with E-state index in [0.29, 0.717) is 26.4 Å². The van der Waals surface area contributed by atoms with E-state index in [-0.39, 0.29) is 12.6 Å². The lowest BCUT2D eigenvalue weighted by Gasteiger charge is -2.34. The van der Waals surface area contributed by atoms with Gasteiger partial charge in [0.1, 0.15) is 6.61 Å². The number of aliphatic hydroxyl groups is 1. The Morgan fingerprint density at radius 1 is 1.39 bits per heavy atom. The molecule has 23 heavy (non-hydrogen) atoms. The summed E-state index contributed by atoms with van der Waals surface area (Å²) in [6, 6.07) is 5.97. The van der Waals surface area contributed by atoms with Crippen molar-refractivity contribution in [2.45, 2.75) is 12.6 Å². The lowest BCUT2D eigenvalue weighted by Crippen LogP contribution is -2.46. The van der Waals surface area contributed by atoms with Gasteiger partial charge in [0, 0.05) is 25.2 Å². The predicted molar refractivity (Wildman–Crippen MR) is 89.1 cm³/mol. The first kappa shape index (κ1) is 18.0. The fourth-order valence-electron chi connectivity index (χ4n) is 2.62. The van der Waals surface area contributed by atoms with Crippen LogP contribution < -0.4 is 9.47 Å². The van der Waals surface area contributed by atoms with Crippen LogP contribution in [0.1, 0.15) is 5.56 Å². The number of benzene rings is 1. The van der Waals surface area contributed by atoms with Gasteiger partial charge in [-0.05, 0) is 20.2 Å². The minimum Gasteiger partial charge on any atom is -0.493 e. The normalized spacial score (nSPS) is 19.1. The molecule has 2 rings (SSSR count). The highest BCUT2D eigenvalue weighted by molar-refractivity contribution is 5.46. The number of para-hydroxylation sites is 1. The zero-order valence-corrected chi connectivity index (χ0v) is 14.3. The van der Waals surface area contributed by atoms with Gasteiger partial charge < -0.3 is 24.2 Å². The maximum absolute atomic E-state index is 9.53. The minimum absolute atomic E-state index is 0.0320. The van der Waals surface area contributed by atoms with Crippen molar-refractivity contribution in [3.63, 3.8) is 0 Å². The van der Waals surface area contributed by atoms with Gasteiger partial charge in [0.2, 0.25) is 0 Å². The Hall–Kier alpha value is -1.34. The largest absolute Gasteiger partial charge is 0.493 e. The number of rotatable bonds is 8. The first-order valence-corrected chi connectivity index (χ1v) is 8.01. The van der Waals surface area contributed by atoms with Gasteiger partial charge in [0.05, 0.1) is 33.0 Å². The molecule has 1 fully saturated rings. The summed E-state index contributed by atoms with van der Waals surface area (Å²) in [6.45, 7) is 4.32. The molecular weight excluding hydrogens is 296 g/mol. The molecule has 1 aliphatic rings. The maximum atomic E-state index is 9.53.